The van der Waals surface area contributed by atoms with Crippen LogP contribution in [-0.4, -0.2) is 25.9 Å². The first-order valence-electron chi connectivity index (χ1n) is 5.61. The van der Waals surface area contributed by atoms with Gasteiger partial charge in [0.1, 0.15) is 5.82 Å². The number of nitrogens with zero attached hydrogens (tertiary/aromatic N) is 3. The van der Waals surface area contributed by atoms with Crippen molar-refractivity contribution < 1.29 is 0 Å². The molecule has 5 nitrogen and oxygen atoms in total. The zero-order valence-corrected chi connectivity index (χ0v) is 11.1. The van der Waals surface area contributed by atoms with Gasteiger partial charge in [-0.3, -0.25) is 0 Å². The van der Waals surface area contributed by atoms with Gasteiger partial charge in [-0.1, -0.05) is 20.8 Å². The molecule has 0 saturated heterocycles. The molecule has 0 aliphatic heterocycles. The number of anilines is 1. The summed E-state index contributed by atoms with van der Waals surface area (Å²) in [7, 11) is 0. The molecule has 0 atom stereocenters. The maximum absolute atomic E-state index is 4.47. The van der Waals surface area contributed by atoms with Crippen LogP contribution in [-0.2, 0) is 11.8 Å². The van der Waals surface area contributed by atoms with Gasteiger partial charge >= 0.3 is 0 Å². The second-order valence-corrected chi connectivity index (χ2v) is 5.68. The zero-order chi connectivity index (χ0) is 12.3. The van der Waals surface area contributed by atoms with Crippen LogP contribution >= 0.6 is 11.5 Å². The molecule has 0 aromatic carbocycles. The molecule has 2 N–H and O–H groups in total. The van der Waals surface area contributed by atoms with E-state index in [0.29, 0.717) is 0 Å². The van der Waals surface area contributed by atoms with E-state index in [-0.39, 0.29) is 5.41 Å². The summed E-state index contributed by atoms with van der Waals surface area (Å²) in [6, 6.07) is 0. The molecular formula is C11H17N5S. The summed E-state index contributed by atoms with van der Waals surface area (Å²) < 4.78 is 4.35. The van der Waals surface area contributed by atoms with Gasteiger partial charge in [0, 0.05) is 41.8 Å². The summed E-state index contributed by atoms with van der Waals surface area (Å²) in [5, 5.41) is 4.16. The summed E-state index contributed by atoms with van der Waals surface area (Å²) in [6.45, 7) is 7.18. The maximum Gasteiger partial charge on any atom is 0.202 e. The number of aromatic nitrogens is 4. The highest BCUT2D eigenvalue weighted by atomic mass is 32.1. The molecule has 0 bridgehead atoms. The average molecular weight is 251 g/mol. The van der Waals surface area contributed by atoms with Crippen LogP contribution in [0, 0.1) is 0 Å². The number of H-pyrrole nitrogens is 1. The fraction of sp³-hybridized carbons (Fsp3) is 0.545. The summed E-state index contributed by atoms with van der Waals surface area (Å²) in [4.78, 5) is 11.5. The molecule has 17 heavy (non-hydrogen) atoms. The first-order chi connectivity index (χ1) is 8.05. The van der Waals surface area contributed by atoms with E-state index in [9.17, 15) is 0 Å². The lowest BCUT2D eigenvalue weighted by Gasteiger charge is -2.12. The van der Waals surface area contributed by atoms with Crippen LogP contribution in [0.25, 0.3) is 0 Å². The van der Waals surface area contributed by atoms with Crippen LogP contribution in [0.4, 0.5) is 5.13 Å². The molecule has 0 radical (unpaired) electrons. The van der Waals surface area contributed by atoms with Crippen molar-refractivity contribution in [3.05, 3.63) is 24.0 Å². The van der Waals surface area contributed by atoms with Crippen LogP contribution in [0.2, 0.25) is 0 Å². The van der Waals surface area contributed by atoms with Gasteiger partial charge in [-0.2, -0.15) is 4.37 Å². The molecular weight excluding hydrogens is 234 g/mol. The number of imidazole rings is 1. The monoisotopic (exact) mass is 251 g/mol. The number of hydrogen-bond donors (Lipinski definition) is 2. The SMILES string of the molecule is CC(C)(C)c1nsc(NCCc2cnc[nH]2)n1. The molecule has 0 unspecified atom stereocenters. The highest BCUT2D eigenvalue weighted by Gasteiger charge is 2.19. The van der Waals surface area contributed by atoms with E-state index >= 15 is 0 Å². The Morgan fingerprint density at radius 3 is 2.82 bits per heavy atom. The predicted molar refractivity (Wildman–Crippen MR) is 69.4 cm³/mol. The molecule has 2 heterocycles. The Morgan fingerprint density at radius 1 is 1.41 bits per heavy atom. The van der Waals surface area contributed by atoms with Crippen molar-refractivity contribution in [2.45, 2.75) is 32.6 Å². The second-order valence-electron chi connectivity index (χ2n) is 4.93. The topological polar surface area (TPSA) is 66.5 Å². The van der Waals surface area contributed by atoms with E-state index in [1.807, 2.05) is 6.20 Å². The average Bonchev–Trinajstić information content (AvgIpc) is 2.86. The third-order valence-corrected chi connectivity index (χ3v) is 3.00. The molecule has 2 aromatic rings. The van der Waals surface area contributed by atoms with Gasteiger partial charge in [0.05, 0.1) is 6.33 Å². The summed E-state index contributed by atoms with van der Waals surface area (Å²) in [5.74, 6) is 0.895. The van der Waals surface area contributed by atoms with E-state index in [4.69, 9.17) is 0 Å². The molecule has 2 aromatic heterocycles. The lowest BCUT2D eigenvalue weighted by Crippen LogP contribution is -2.13. The molecule has 0 amide bonds. The third-order valence-electron chi connectivity index (χ3n) is 2.32. The van der Waals surface area contributed by atoms with Gasteiger partial charge in [-0.25, -0.2) is 9.97 Å². The Hall–Kier alpha value is -1.43. The number of nitrogens with one attached hydrogen (secondary N) is 2. The Bertz CT molecular complexity index is 454. The largest absolute Gasteiger partial charge is 0.360 e. The van der Waals surface area contributed by atoms with Crippen molar-refractivity contribution >= 4 is 16.7 Å². The normalized spacial score (nSPS) is 11.7. The van der Waals surface area contributed by atoms with E-state index in [2.05, 4.69) is 45.4 Å². The standard InChI is InChI=1S/C11H17N5S/c1-11(2,3)9-15-10(17-16-9)13-5-4-8-6-12-7-14-8/h6-7H,4-5H2,1-3H3,(H,12,14)(H,13,15,16). The first-order valence-corrected chi connectivity index (χ1v) is 6.38. The first kappa shape index (κ1) is 12.0. The fourth-order valence-electron chi connectivity index (χ4n) is 1.33. The van der Waals surface area contributed by atoms with Crippen molar-refractivity contribution in [2.24, 2.45) is 0 Å². The van der Waals surface area contributed by atoms with Crippen molar-refractivity contribution in [1.82, 2.24) is 19.3 Å². The van der Waals surface area contributed by atoms with Crippen LogP contribution < -0.4 is 5.32 Å². The minimum atomic E-state index is 0.0137. The highest BCUT2D eigenvalue weighted by molar-refractivity contribution is 7.09. The van der Waals surface area contributed by atoms with Crippen molar-refractivity contribution in [1.29, 1.82) is 0 Å². The lowest BCUT2D eigenvalue weighted by atomic mass is 9.96. The van der Waals surface area contributed by atoms with Crippen LogP contribution in [0.15, 0.2) is 12.5 Å². The van der Waals surface area contributed by atoms with Gasteiger partial charge < -0.3 is 10.3 Å². The van der Waals surface area contributed by atoms with Gasteiger partial charge in [0.2, 0.25) is 5.13 Å². The van der Waals surface area contributed by atoms with Crippen molar-refractivity contribution in [3.8, 4) is 0 Å². The van der Waals surface area contributed by atoms with Gasteiger partial charge in [-0.15, -0.1) is 0 Å². The molecule has 0 spiro atoms. The Kier molecular flexibility index (Phi) is 3.42. The van der Waals surface area contributed by atoms with Crippen molar-refractivity contribution in [2.75, 3.05) is 11.9 Å². The minimum absolute atomic E-state index is 0.0137. The molecule has 6 heteroatoms. The second kappa shape index (κ2) is 4.83. The molecule has 0 aliphatic carbocycles. The van der Waals surface area contributed by atoms with Crippen LogP contribution in [0.3, 0.4) is 0 Å². The number of hydrogen-bond acceptors (Lipinski definition) is 5. The van der Waals surface area contributed by atoms with Crippen LogP contribution in [0.5, 0.6) is 0 Å². The highest BCUT2D eigenvalue weighted by Crippen LogP contribution is 2.22. The zero-order valence-electron chi connectivity index (χ0n) is 10.3. The molecule has 0 aliphatic rings. The summed E-state index contributed by atoms with van der Waals surface area (Å²) in [6.07, 6.45) is 4.44. The van der Waals surface area contributed by atoms with Gasteiger partial charge in [-0.05, 0) is 0 Å². The van der Waals surface area contributed by atoms with E-state index < -0.39 is 0 Å². The van der Waals surface area contributed by atoms with E-state index in [1.165, 1.54) is 11.5 Å². The summed E-state index contributed by atoms with van der Waals surface area (Å²) in [5.41, 5.74) is 1.14. The van der Waals surface area contributed by atoms with E-state index in [0.717, 1.165) is 29.6 Å². The smallest absolute Gasteiger partial charge is 0.202 e. The van der Waals surface area contributed by atoms with Gasteiger partial charge in [0.15, 0.2) is 0 Å². The third kappa shape index (κ3) is 3.26. The maximum atomic E-state index is 4.47. The van der Waals surface area contributed by atoms with E-state index in [1.54, 1.807) is 6.33 Å². The fourth-order valence-corrected chi connectivity index (χ4v) is 2.11. The number of rotatable bonds is 4. The number of aromatic amines is 1. The predicted octanol–water partition coefficient (Wildman–Crippen LogP) is 2.21. The van der Waals surface area contributed by atoms with Gasteiger partial charge in [0.25, 0.3) is 0 Å². The van der Waals surface area contributed by atoms with Crippen LogP contribution in [0.1, 0.15) is 32.3 Å². The molecule has 0 saturated carbocycles. The molecule has 0 fully saturated rings. The van der Waals surface area contributed by atoms with Crippen molar-refractivity contribution in [3.63, 3.8) is 0 Å². The quantitative estimate of drug-likeness (QED) is 0.874. The molecule has 2 rings (SSSR count). The Labute approximate surface area is 105 Å². The lowest BCUT2D eigenvalue weighted by molar-refractivity contribution is 0.555. The minimum Gasteiger partial charge on any atom is -0.360 e. The Morgan fingerprint density at radius 2 is 2.24 bits per heavy atom. The molecule has 92 valence electrons. The Balaban J connectivity index is 1.85. The summed E-state index contributed by atoms with van der Waals surface area (Å²) >= 11 is 1.42.